The highest BCUT2D eigenvalue weighted by Gasteiger charge is 2.56. The molecule has 0 radical (unpaired) electrons. The van der Waals surface area contributed by atoms with Gasteiger partial charge in [-0.15, -0.1) is 0 Å². The number of rotatable bonds is 3. The van der Waals surface area contributed by atoms with Gasteiger partial charge in [-0.1, -0.05) is 11.6 Å². The van der Waals surface area contributed by atoms with E-state index in [9.17, 15) is 14.4 Å². The Morgan fingerprint density at radius 2 is 1.72 bits per heavy atom. The summed E-state index contributed by atoms with van der Waals surface area (Å²) in [5.74, 6) is -1.75. The van der Waals surface area contributed by atoms with Crippen LogP contribution in [0.1, 0.15) is 26.7 Å². The molecule has 0 bridgehead atoms. The minimum Gasteiger partial charge on any atom is -0.468 e. The lowest BCUT2D eigenvalue weighted by Gasteiger charge is -2.22. The molecule has 1 fully saturated rings. The first-order valence-electron chi connectivity index (χ1n) is 5.75. The molecule has 0 aromatic carbocycles. The second kappa shape index (κ2) is 5.33. The largest absolute Gasteiger partial charge is 0.468 e. The summed E-state index contributed by atoms with van der Waals surface area (Å²) in [5.41, 5.74) is -0.583. The number of ether oxygens (including phenoxy) is 2. The van der Waals surface area contributed by atoms with Crippen LogP contribution in [0, 0.1) is 11.3 Å². The van der Waals surface area contributed by atoms with Gasteiger partial charge in [0.25, 0.3) is 0 Å². The Hall–Kier alpha value is -1.65. The molecule has 5 nitrogen and oxygen atoms in total. The molecule has 0 N–H and O–H groups in total. The van der Waals surface area contributed by atoms with E-state index in [1.807, 2.05) is 0 Å². The van der Waals surface area contributed by atoms with Crippen LogP contribution < -0.4 is 0 Å². The van der Waals surface area contributed by atoms with E-state index in [1.165, 1.54) is 21.1 Å². The standard InChI is InChI=1S/C13H18O5/c1-5-9-6-13(11(15)17-3,12(16)18-4)7-10(9)8(2)14/h5,10H,6-7H2,1-4H3/b9-5-. The quantitative estimate of drug-likeness (QED) is 0.431. The van der Waals surface area contributed by atoms with Crippen LogP contribution in [-0.2, 0) is 23.9 Å². The van der Waals surface area contributed by atoms with E-state index in [4.69, 9.17) is 9.47 Å². The third-order valence-corrected chi connectivity index (χ3v) is 3.52. The van der Waals surface area contributed by atoms with Crippen molar-refractivity contribution in [2.75, 3.05) is 14.2 Å². The highest BCUT2D eigenvalue weighted by molar-refractivity contribution is 6.02. The molecule has 0 aliphatic heterocycles. The number of ketones is 1. The third-order valence-electron chi connectivity index (χ3n) is 3.52. The van der Waals surface area contributed by atoms with Crippen molar-refractivity contribution in [2.45, 2.75) is 26.7 Å². The first-order valence-corrected chi connectivity index (χ1v) is 5.75. The van der Waals surface area contributed by atoms with Crippen molar-refractivity contribution in [3.05, 3.63) is 11.6 Å². The first-order chi connectivity index (χ1) is 8.42. The summed E-state index contributed by atoms with van der Waals surface area (Å²) >= 11 is 0. The molecule has 1 unspecified atom stereocenters. The van der Waals surface area contributed by atoms with Gasteiger partial charge in [0.05, 0.1) is 14.2 Å². The Balaban J connectivity index is 3.21. The minimum absolute atomic E-state index is 0.0576. The lowest BCUT2D eigenvalue weighted by molar-refractivity contribution is -0.168. The molecule has 0 aromatic rings. The second-order valence-electron chi connectivity index (χ2n) is 4.47. The predicted octanol–water partition coefficient (Wildman–Crippen LogP) is 1.26. The van der Waals surface area contributed by atoms with Gasteiger partial charge in [0, 0.05) is 5.92 Å². The van der Waals surface area contributed by atoms with Crippen molar-refractivity contribution in [3.8, 4) is 0 Å². The van der Waals surface area contributed by atoms with Gasteiger partial charge in [-0.05, 0) is 26.7 Å². The molecular formula is C13H18O5. The third kappa shape index (κ3) is 2.17. The number of allylic oxidation sites excluding steroid dienone is 2. The molecule has 100 valence electrons. The van der Waals surface area contributed by atoms with Crippen LogP contribution in [0.25, 0.3) is 0 Å². The molecule has 5 heteroatoms. The Morgan fingerprint density at radius 3 is 2.00 bits per heavy atom. The smallest absolute Gasteiger partial charge is 0.323 e. The minimum atomic E-state index is -1.37. The van der Waals surface area contributed by atoms with Crippen molar-refractivity contribution in [1.29, 1.82) is 0 Å². The molecule has 18 heavy (non-hydrogen) atoms. The molecule has 1 rings (SSSR count). The summed E-state index contributed by atoms with van der Waals surface area (Å²) < 4.78 is 9.41. The lowest BCUT2D eigenvalue weighted by Crippen LogP contribution is -2.39. The number of esters is 2. The van der Waals surface area contributed by atoms with Crippen molar-refractivity contribution in [1.82, 2.24) is 0 Å². The molecule has 0 saturated heterocycles. The van der Waals surface area contributed by atoms with Gasteiger partial charge >= 0.3 is 11.9 Å². The highest BCUT2D eigenvalue weighted by Crippen LogP contribution is 2.47. The van der Waals surface area contributed by atoms with Crippen molar-refractivity contribution >= 4 is 17.7 Å². The number of methoxy groups -OCH3 is 2. The normalized spacial score (nSPS) is 23.8. The molecular weight excluding hydrogens is 236 g/mol. The van der Waals surface area contributed by atoms with E-state index in [-0.39, 0.29) is 18.6 Å². The van der Waals surface area contributed by atoms with E-state index in [0.29, 0.717) is 0 Å². The van der Waals surface area contributed by atoms with Gasteiger partial charge in [-0.3, -0.25) is 14.4 Å². The zero-order chi connectivity index (χ0) is 13.9. The van der Waals surface area contributed by atoms with Gasteiger partial charge in [0.1, 0.15) is 5.78 Å². The van der Waals surface area contributed by atoms with E-state index in [1.54, 1.807) is 13.0 Å². The topological polar surface area (TPSA) is 69.7 Å². The number of carbonyl (C=O) groups excluding carboxylic acids is 3. The van der Waals surface area contributed by atoms with Gasteiger partial charge in [0.15, 0.2) is 5.41 Å². The number of hydrogen-bond donors (Lipinski definition) is 0. The summed E-state index contributed by atoms with van der Waals surface area (Å²) in [6.07, 6.45) is 2.09. The maximum absolute atomic E-state index is 11.9. The molecule has 0 amide bonds. The van der Waals surface area contributed by atoms with Crippen molar-refractivity contribution in [3.63, 3.8) is 0 Å². The van der Waals surface area contributed by atoms with E-state index < -0.39 is 23.3 Å². The van der Waals surface area contributed by atoms with E-state index >= 15 is 0 Å². The molecule has 1 atom stereocenters. The van der Waals surface area contributed by atoms with E-state index in [2.05, 4.69) is 0 Å². The Morgan fingerprint density at radius 1 is 1.22 bits per heavy atom. The van der Waals surface area contributed by atoms with Crippen LogP contribution in [0.15, 0.2) is 11.6 Å². The number of Topliss-reactive ketones (excluding diaryl/α,β-unsaturated/α-hetero) is 1. The van der Waals surface area contributed by atoms with Crippen LogP contribution in [0.4, 0.5) is 0 Å². The maximum Gasteiger partial charge on any atom is 0.323 e. The number of carbonyl (C=O) groups is 3. The molecule has 1 aliphatic rings. The molecule has 0 aromatic heterocycles. The van der Waals surface area contributed by atoms with Crippen LogP contribution in [0.2, 0.25) is 0 Å². The number of hydrogen-bond acceptors (Lipinski definition) is 5. The Labute approximate surface area is 106 Å². The van der Waals surface area contributed by atoms with Crippen LogP contribution in [-0.4, -0.2) is 31.9 Å². The lowest BCUT2D eigenvalue weighted by atomic mass is 9.84. The fourth-order valence-electron chi connectivity index (χ4n) is 2.52. The highest BCUT2D eigenvalue weighted by atomic mass is 16.5. The first kappa shape index (κ1) is 14.4. The Kier molecular flexibility index (Phi) is 4.27. The van der Waals surface area contributed by atoms with Crippen LogP contribution in [0.5, 0.6) is 0 Å². The molecule has 0 heterocycles. The monoisotopic (exact) mass is 254 g/mol. The predicted molar refractivity (Wildman–Crippen MR) is 63.6 cm³/mol. The SMILES string of the molecule is C/C=C1/CC(C(=O)OC)(C(=O)OC)CC1C(C)=O. The van der Waals surface area contributed by atoms with Crippen molar-refractivity contribution in [2.24, 2.45) is 11.3 Å². The summed E-state index contributed by atoms with van der Waals surface area (Å²) in [5, 5.41) is 0. The van der Waals surface area contributed by atoms with Crippen molar-refractivity contribution < 1.29 is 23.9 Å². The zero-order valence-corrected chi connectivity index (χ0v) is 11.1. The summed E-state index contributed by atoms with van der Waals surface area (Å²) in [7, 11) is 2.45. The zero-order valence-electron chi connectivity index (χ0n) is 11.1. The molecule has 1 aliphatic carbocycles. The van der Waals surface area contributed by atoms with Gasteiger partial charge in [-0.25, -0.2) is 0 Å². The summed E-state index contributed by atoms with van der Waals surface area (Å²) in [6.45, 7) is 3.24. The molecule has 1 saturated carbocycles. The molecule has 0 spiro atoms. The summed E-state index contributed by atoms with van der Waals surface area (Å²) in [6, 6.07) is 0. The fraction of sp³-hybridized carbons (Fsp3) is 0.615. The van der Waals surface area contributed by atoms with Gasteiger partial charge in [-0.2, -0.15) is 0 Å². The average Bonchev–Trinajstić information content (AvgIpc) is 2.77. The van der Waals surface area contributed by atoms with Gasteiger partial charge in [0.2, 0.25) is 0 Å². The van der Waals surface area contributed by atoms with E-state index in [0.717, 1.165) is 5.57 Å². The van der Waals surface area contributed by atoms with Crippen LogP contribution >= 0.6 is 0 Å². The second-order valence-corrected chi connectivity index (χ2v) is 4.47. The average molecular weight is 254 g/mol. The Bertz CT molecular complexity index is 392. The summed E-state index contributed by atoms with van der Waals surface area (Å²) in [4.78, 5) is 35.4. The fourth-order valence-corrected chi connectivity index (χ4v) is 2.52. The maximum atomic E-state index is 11.9. The van der Waals surface area contributed by atoms with Crippen LogP contribution in [0.3, 0.4) is 0 Å². The van der Waals surface area contributed by atoms with Gasteiger partial charge < -0.3 is 9.47 Å².